The fraction of sp³-hybridized carbons (Fsp3) is 0.357. The van der Waals surface area contributed by atoms with Gasteiger partial charge in [0.05, 0.1) is 21.7 Å². The minimum absolute atomic E-state index is 0.314. The molecular formula is C14H14ClNOS. The van der Waals surface area contributed by atoms with Crippen molar-refractivity contribution >= 4 is 22.9 Å². The van der Waals surface area contributed by atoms with E-state index in [9.17, 15) is 5.11 Å². The molecule has 0 aliphatic heterocycles. The number of aliphatic hydroxyl groups is 1. The van der Waals surface area contributed by atoms with Gasteiger partial charge >= 0.3 is 0 Å². The number of aryl methyl sites for hydroxylation is 1. The number of benzene rings is 1. The number of rotatable bonds is 2. The number of hydrogen-bond donors (Lipinski definition) is 1. The van der Waals surface area contributed by atoms with E-state index in [-0.39, 0.29) is 6.10 Å². The van der Waals surface area contributed by atoms with Gasteiger partial charge in [0.2, 0.25) is 0 Å². The number of nitrogens with zero attached hydrogens (tertiary/aromatic N) is 1. The molecule has 0 spiro atoms. The van der Waals surface area contributed by atoms with E-state index in [2.05, 4.69) is 4.98 Å². The molecule has 0 saturated heterocycles. The van der Waals surface area contributed by atoms with Gasteiger partial charge < -0.3 is 5.11 Å². The van der Waals surface area contributed by atoms with Crippen LogP contribution in [0.25, 0.3) is 0 Å². The van der Waals surface area contributed by atoms with E-state index >= 15 is 0 Å². The Bertz CT molecular complexity index is 567. The van der Waals surface area contributed by atoms with Crippen LogP contribution in [0.4, 0.5) is 0 Å². The summed E-state index contributed by atoms with van der Waals surface area (Å²) in [6, 6.07) is 7.85. The van der Waals surface area contributed by atoms with Crippen molar-refractivity contribution < 1.29 is 5.11 Å². The summed E-state index contributed by atoms with van der Waals surface area (Å²) in [6.45, 7) is 0. The predicted octanol–water partition coefficient (Wildman–Crippen LogP) is 3.76. The van der Waals surface area contributed by atoms with Gasteiger partial charge in [0.25, 0.3) is 0 Å². The Balaban J connectivity index is 1.88. The summed E-state index contributed by atoms with van der Waals surface area (Å²) in [7, 11) is 0. The van der Waals surface area contributed by atoms with Gasteiger partial charge in [-0.2, -0.15) is 0 Å². The summed E-state index contributed by atoms with van der Waals surface area (Å²) >= 11 is 7.78. The SMILES string of the molecule is OC1CCCc2nc(Cc3ccccc3Cl)sc21. The highest BCUT2D eigenvalue weighted by Gasteiger charge is 2.22. The molecule has 1 aromatic carbocycles. The average Bonchev–Trinajstić information content (AvgIpc) is 2.76. The molecule has 18 heavy (non-hydrogen) atoms. The van der Waals surface area contributed by atoms with Crippen LogP contribution in [0.15, 0.2) is 24.3 Å². The second-order valence-corrected chi connectivity index (χ2v) is 6.12. The monoisotopic (exact) mass is 279 g/mol. The zero-order valence-electron chi connectivity index (χ0n) is 9.90. The normalized spacial score (nSPS) is 18.7. The molecule has 2 aromatic rings. The van der Waals surface area contributed by atoms with Gasteiger partial charge in [0.1, 0.15) is 0 Å². The first kappa shape index (κ1) is 12.2. The zero-order chi connectivity index (χ0) is 12.5. The van der Waals surface area contributed by atoms with Crippen molar-refractivity contribution in [1.82, 2.24) is 4.98 Å². The molecule has 1 atom stereocenters. The first-order valence-electron chi connectivity index (χ1n) is 6.14. The summed E-state index contributed by atoms with van der Waals surface area (Å²) in [4.78, 5) is 5.70. The standard InChI is InChI=1S/C14H14ClNOS/c15-10-5-2-1-4-9(10)8-13-16-11-6-3-7-12(17)14(11)18-13/h1-2,4-5,12,17H,3,6-8H2. The highest BCUT2D eigenvalue weighted by Crippen LogP contribution is 2.35. The topological polar surface area (TPSA) is 33.1 Å². The Labute approximate surface area is 115 Å². The number of halogens is 1. The van der Waals surface area contributed by atoms with Gasteiger partial charge in [-0.25, -0.2) is 4.98 Å². The first-order valence-corrected chi connectivity index (χ1v) is 7.33. The van der Waals surface area contributed by atoms with E-state index in [0.29, 0.717) is 0 Å². The van der Waals surface area contributed by atoms with Crippen molar-refractivity contribution in [3.63, 3.8) is 0 Å². The predicted molar refractivity (Wildman–Crippen MR) is 74.3 cm³/mol. The minimum atomic E-state index is -0.314. The van der Waals surface area contributed by atoms with Crippen LogP contribution in [0.5, 0.6) is 0 Å². The summed E-state index contributed by atoms with van der Waals surface area (Å²) < 4.78 is 0. The third-order valence-corrected chi connectivity index (χ3v) is 4.83. The zero-order valence-corrected chi connectivity index (χ0v) is 11.5. The second-order valence-electron chi connectivity index (χ2n) is 4.59. The minimum Gasteiger partial charge on any atom is -0.388 e. The van der Waals surface area contributed by atoms with Crippen LogP contribution < -0.4 is 0 Å². The average molecular weight is 280 g/mol. The van der Waals surface area contributed by atoms with Crippen molar-refractivity contribution in [2.45, 2.75) is 31.8 Å². The van der Waals surface area contributed by atoms with Crippen LogP contribution in [-0.4, -0.2) is 10.1 Å². The van der Waals surface area contributed by atoms with Crippen LogP contribution in [0.3, 0.4) is 0 Å². The summed E-state index contributed by atoms with van der Waals surface area (Å²) in [5.74, 6) is 0. The highest BCUT2D eigenvalue weighted by atomic mass is 35.5. The number of aliphatic hydroxyl groups excluding tert-OH is 1. The first-order chi connectivity index (χ1) is 8.74. The number of aromatic nitrogens is 1. The number of hydrogen-bond acceptors (Lipinski definition) is 3. The molecule has 1 heterocycles. The number of fused-ring (bicyclic) bond motifs is 1. The summed E-state index contributed by atoms with van der Waals surface area (Å²) in [5, 5.41) is 11.8. The van der Waals surface area contributed by atoms with E-state index in [0.717, 1.165) is 51.8 Å². The smallest absolute Gasteiger partial charge is 0.0976 e. The molecule has 1 aliphatic rings. The van der Waals surface area contributed by atoms with Crippen molar-refractivity contribution in [2.75, 3.05) is 0 Å². The Hall–Kier alpha value is -0.900. The molecule has 94 valence electrons. The summed E-state index contributed by atoms with van der Waals surface area (Å²) in [6.07, 6.45) is 3.32. The van der Waals surface area contributed by atoms with E-state index in [1.165, 1.54) is 0 Å². The maximum Gasteiger partial charge on any atom is 0.0976 e. The van der Waals surface area contributed by atoms with Crippen LogP contribution in [0.1, 0.15) is 40.1 Å². The fourth-order valence-electron chi connectivity index (χ4n) is 2.33. The quantitative estimate of drug-likeness (QED) is 0.908. The Morgan fingerprint density at radius 3 is 3.00 bits per heavy atom. The lowest BCUT2D eigenvalue weighted by Gasteiger charge is -2.14. The largest absolute Gasteiger partial charge is 0.388 e. The van der Waals surface area contributed by atoms with Gasteiger partial charge in [0, 0.05) is 11.4 Å². The van der Waals surface area contributed by atoms with E-state index < -0.39 is 0 Å². The van der Waals surface area contributed by atoms with Gasteiger partial charge in [-0.1, -0.05) is 29.8 Å². The van der Waals surface area contributed by atoms with Crippen LogP contribution in [0.2, 0.25) is 5.02 Å². The Kier molecular flexibility index (Phi) is 3.37. The van der Waals surface area contributed by atoms with Crippen molar-refractivity contribution in [3.8, 4) is 0 Å². The van der Waals surface area contributed by atoms with Gasteiger partial charge in [0.15, 0.2) is 0 Å². The van der Waals surface area contributed by atoms with E-state index in [4.69, 9.17) is 11.6 Å². The lowest BCUT2D eigenvalue weighted by Crippen LogP contribution is -2.06. The molecule has 0 fully saturated rings. The molecule has 4 heteroatoms. The molecule has 0 saturated carbocycles. The van der Waals surface area contributed by atoms with Crippen molar-refractivity contribution in [1.29, 1.82) is 0 Å². The molecule has 1 N–H and O–H groups in total. The fourth-order valence-corrected chi connectivity index (χ4v) is 3.69. The molecule has 0 amide bonds. The van der Waals surface area contributed by atoms with E-state index in [1.54, 1.807) is 11.3 Å². The molecule has 1 aromatic heterocycles. The molecule has 0 radical (unpaired) electrons. The molecule has 0 bridgehead atoms. The third-order valence-electron chi connectivity index (χ3n) is 3.27. The second kappa shape index (κ2) is 5.00. The summed E-state index contributed by atoms with van der Waals surface area (Å²) in [5.41, 5.74) is 2.18. The van der Waals surface area contributed by atoms with Crippen molar-refractivity contribution in [2.24, 2.45) is 0 Å². The molecule has 2 nitrogen and oxygen atoms in total. The Morgan fingerprint density at radius 2 is 2.22 bits per heavy atom. The third kappa shape index (κ3) is 2.30. The molecular weight excluding hydrogens is 266 g/mol. The van der Waals surface area contributed by atoms with Crippen LogP contribution in [0, 0.1) is 0 Å². The molecule has 1 aliphatic carbocycles. The van der Waals surface area contributed by atoms with Crippen LogP contribution >= 0.6 is 22.9 Å². The maximum atomic E-state index is 9.94. The van der Waals surface area contributed by atoms with Gasteiger partial charge in [-0.3, -0.25) is 0 Å². The van der Waals surface area contributed by atoms with Crippen molar-refractivity contribution in [3.05, 3.63) is 50.4 Å². The molecule has 1 unspecified atom stereocenters. The maximum absolute atomic E-state index is 9.94. The van der Waals surface area contributed by atoms with E-state index in [1.807, 2.05) is 24.3 Å². The van der Waals surface area contributed by atoms with Gasteiger partial charge in [-0.15, -0.1) is 11.3 Å². The lowest BCUT2D eigenvalue weighted by atomic mass is 10.0. The molecule has 3 rings (SSSR count). The Morgan fingerprint density at radius 1 is 1.39 bits per heavy atom. The lowest BCUT2D eigenvalue weighted by molar-refractivity contribution is 0.160. The van der Waals surface area contributed by atoms with Gasteiger partial charge in [-0.05, 0) is 30.9 Å². The van der Waals surface area contributed by atoms with Crippen LogP contribution in [-0.2, 0) is 12.8 Å². The highest BCUT2D eigenvalue weighted by molar-refractivity contribution is 7.11. The number of thiazole rings is 1.